The average Bonchev–Trinajstić information content (AvgIpc) is 2.15. The van der Waals surface area contributed by atoms with Crippen molar-refractivity contribution in [3.63, 3.8) is 0 Å². The fourth-order valence-corrected chi connectivity index (χ4v) is 1.36. The van der Waals surface area contributed by atoms with E-state index in [1.165, 1.54) is 7.05 Å². The van der Waals surface area contributed by atoms with Gasteiger partial charge in [-0.15, -0.1) is 0 Å². The number of hydrogen-bond donors (Lipinski definition) is 3. The van der Waals surface area contributed by atoms with Crippen molar-refractivity contribution in [2.45, 2.75) is 4.90 Å². The van der Waals surface area contributed by atoms with Crippen molar-refractivity contribution >= 4 is 10.1 Å². The molecule has 1 aromatic heterocycles. The van der Waals surface area contributed by atoms with Crippen molar-refractivity contribution < 1.29 is 23.2 Å². The molecule has 1 rings (SSSR count). The summed E-state index contributed by atoms with van der Waals surface area (Å²) in [6.45, 7) is 0. The second kappa shape index (κ2) is 2.39. The molecular formula is C5H7NO5S. The summed E-state index contributed by atoms with van der Waals surface area (Å²) in [5.74, 6) is -1.14. The molecule has 0 amide bonds. The van der Waals surface area contributed by atoms with E-state index in [0.29, 0.717) is 0 Å². The summed E-state index contributed by atoms with van der Waals surface area (Å²) in [6, 6.07) is 0.755. The lowest BCUT2D eigenvalue weighted by Crippen LogP contribution is -1.96. The van der Waals surface area contributed by atoms with Crippen LogP contribution in [0.2, 0.25) is 0 Å². The van der Waals surface area contributed by atoms with Gasteiger partial charge in [0.1, 0.15) is 0 Å². The summed E-state index contributed by atoms with van der Waals surface area (Å²) in [5.41, 5.74) is 0. The van der Waals surface area contributed by atoms with E-state index < -0.39 is 26.8 Å². The van der Waals surface area contributed by atoms with Crippen LogP contribution in [0.4, 0.5) is 0 Å². The number of hydrogen-bond acceptors (Lipinski definition) is 4. The van der Waals surface area contributed by atoms with Gasteiger partial charge in [0, 0.05) is 13.1 Å². The molecule has 1 heterocycles. The van der Waals surface area contributed by atoms with Gasteiger partial charge < -0.3 is 10.2 Å². The first-order chi connectivity index (χ1) is 5.34. The Kier molecular flexibility index (Phi) is 1.77. The maximum atomic E-state index is 10.5. The molecular weight excluding hydrogens is 186 g/mol. The molecule has 0 aromatic carbocycles. The maximum Gasteiger partial charge on any atom is 0.300 e. The Bertz CT molecular complexity index is 404. The number of aromatic nitrogens is 1. The molecule has 68 valence electrons. The number of nitrogens with zero attached hydrogens (tertiary/aromatic N) is 1. The van der Waals surface area contributed by atoms with Crippen LogP contribution in [0.5, 0.6) is 11.8 Å². The van der Waals surface area contributed by atoms with Crippen LogP contribution in [0, 0.1) is 0 Å². The lowest BCUT2D eigenvalue weighted by molar-refractivity contribution is 0.380. The van der Waals surface area contributed by atoms with E-state index in [1.807, 2.05) is 0 Å². The molecule has 0 atom stereocenters. The zero-order chi connectivity index (χ0) is 9.52. The van der Waals surface area contributed by atoms with Gasteiger partial charge in [-0.1, -0.05) is 0 Å². The van der Waals surface area contributed by atoms with Crippen molar-refractivity contribution in [2.24, 2.45) is 7.05 Å². The molecule has 0 aliphatic heterocycles. The van der Waals surface area contributed by atoms with Crippen LogP contribution in [-0.4, -0.2) is 27.8 Å². The monoisotopic (exact) mass is 193 g/mol. The van der Waals surface area contributed by atoms with E-state index in [-0.39, 0.29) is 0 Å². The Hall–Kier alpha value is -1.21. The quantitative estimate of drug-likeness (QED) is 0.531. The maximum absolute atomic E-state index is 10.5. The molecule has 1 aromatic rings. The minimum atomic E-state index is -4.47. The number of aromatic hydroxyl groups is 2. The smallest absolute Gasteiger partial charge is 0.300 e. The molecule has 0 bridgehead atoms. The van der Waals surface area contributed by atoms with Crippen molar-refractivity contribution in [2.75, 3.05) is 0 Å². The predicted molar refractivity (Wildman–Crippen MR) is 38.6 cm³/mol. The Morgan fingerprint density at radius 2 is 1.92 bits per heavy atom. The molecule has 7 heteroatoms. The Labute approximate surface area is 68.4 Å². The van der Waals surface area contributed by atoms with Gasteiger partial charge in [-0.05, 0) is 0 Å². The first kappa shape index (κ1) is 8.88. The second-order valence-corrected chi connectivity index (χ2v) is 3.61. The highest BCUT2D eigenvalue weighted by Crippen LogP contribution is 2.29. The van der Waals surface area contributed by atoms with Crippen molar-refractivity contribution in [1.82, 2.24) is 4.57 Å². The first-order valence-electron chi connectivity index (χ1n) is 2.89. The van der Waals surface area contributed by atoms with Crippen LogP contribution >= 0.6 is 0 Å². The van der Waals surface area contributed by atoms with Gasteiger partial charge in [-0.25, -0.2) is 0 Å². The van der Waals surface area contributed by atoms with Gasteiger partial charge in [0.15, 0.2) is 10.8 Å². The van der Waals surface area contributed by atoms with Crippen molar-refractivity contribution in [3.8, 4) is 11.8 Å². The summed E-state index contributed by atoms with van der Waals surface area (Å²) in [7, 11) is -3.22. The van der Waals surface area contributed by atoms with Gasteiger partial charge in [0.05, 0.1) is 0 Å². The third-order valence-electron chi connectivity index (χ3n) is 1.42. The molecule has 3 N–H and O–H groups in total. The Morgan fingerprint density at radius 3 is 2.08 bits per heavy atom. The summed E-state index contributed by atoms with van der Waals surface area (Å²) < 4.78 is 30.3. The summed E-state index contributed by atoms with van der Waals surface area (Å²) >= 11 is 0. The molecule has 0 unspecified atom stereocenters. The lowest BCUT2D eigenvalue weighted by atomic mass is 10.6. The Morgan fingerprint density at radius 1 is 1.42 bits per heavy atom. The molecule has 0 aliphatic carbocycles. The highest BCUT2D eigenvalue weighted by molar-refractivity contribution is 7.86. The van der Waals surface area contributed by atoms with Gasteiger partial charge in [-0.3, -0.25) is 9.12 Å². The second-order valence-electron chi connectivity index (χ2n) is 2.22. The molecule has 6 nitrogen and oxygen atoms in total. The van der Waals surface area contributed by atoms with Gasteiger partial charge in [0.2, 0.25) is 5.88 Å². The average molecular weight is 193 g/mol. The van der Waals surface area contributed by atoms with E-state index in [2.05, 4.69) is 0 Å². The Balaban J connectivity index is 3.48. The minimum Gasteiger partial charge on any atom is -0.494 e. The standard InChI is InChI=1S/C5H7NO5S/c1-6-4(7)2-3(5(6)8)12(9,10)11/h2,7-8H,1H3,(H,9,10,11). The fraction of sp³-hybridized carbons (Fsp3) is 0.200. The molecule has 0 saturated carbocycles. The molecule has 0 radical (unpaired) electrons. The largest absolute Gasteiger partial charge is 0.494 e. The topological polar surface area (TPSA) is 99.8 Å². The van der Waals surface area contributed by atoms with Crippen LogP contribution in [-0.2, 0) is 17.2 Å². The summed E-state index contributed by atoms with van der Waals surface area (Å²) in [6.07, 6.45) is 0. The van der Waals surface area contributed by atoms with Crippen LogP contribution in [0.1, 0.15) is 0 Å². The normalized spacial score (nSPS) is 11.8. The molecule has 12 heavy (non-hydrogen) atoms. The minimum absolute atomic E-state index is 0.444. The van der Waals surface area contributed by atoms with Gasteiger partial charge >= 0.3 is 0 Å². The third-order valence-corrected chi connectivity index (χ3v) is 2.28. The van der Waals surface area contributed by atoms with Crippen LogP contribution in [0.15, 0.2) is 11.0 Å². The molecule has 0 saturated heterocycles. The SMILES string of the molecule is Cn1c(O)cc(S(=O)(=O)O)c1O. The zero-order valence-corrected chi connectivity index (χ0v) is 6.91. The van der Waals surface area contributed by atoms with E-state index in [1.54, 1.807) is 0 Å². The summed E-state index contributed by atoms with van der Waals surface area (Å²) in [4.78, 5) is -0.706. The highest BCUT2D eigenvalue weighted by atomic mass is 32.2. The zero-order valence-electron chi connectivity index (χ0n) is 6.09. The van der Waals surface area contributed by atoms with Crippen LogP contribution in [0.3, 0.4) is 0 Å². The molecule has 0 aliphatic rings. The number of rotatable bonds is 1. The fourth-order valence-electron chi connectivity index (χ4n) is 0.742. The third kappa shape index (κ3) is 1.23. The van der Waals surface area contributed by atoms with Crippen LogP contribution in [0.25, 0.3) is 0 Å². The highest BCUT2D eigenvalue weighted by Gasteiger charge is 2.21. The first-order valence-corrected chi connectivity index (χ1v) is 4.33. The molecule has 0 fully saturated rings. The van der Waals surface area contributed by atoms with E-state index in [4.69, 9.17) is 14.8 Å². The van der Waals surface area contributed by atoms with Crippen molar-refractivity contribution in [1.29, 1.82) is 0 Å². The lowest BCUT2D eigenvalue weighted by Gasteiger charge is -1.96. The van der Waals surface area contributed by atoms with E-state index in [0.717, 1.165) is 10.6 Å². The summed E-state index contributed by atoms with van der Waals surface area (Å²) in [5, 5.41) is 17.9. The van der Waals surface area contributed by atoms with Crippen LogP contribution < -0.4 is 0 Å². The van der Waals surface area contributed by atoms with Crippen molar-refractivity contribution in [3.05, 3.63) is 6.07 Å². The predicted octanol–water partition coefficient (Wildman–Crippen LogP) is -0.317. The van der Waals surface area contributed by atoms with E-state index in [9.17, 15) is 8.42 Å². The van der Waals surface area contributed by atoms with Gasteiger partial charge in [-0.2, -0.15) is 8.42 Å². The van der Waals surface area contributed by atoms with Gasteiger partial charge in [0.25, 0.3) is 10.1 Å². The molecule has 0 spiro atoms. The van der Waals surface area contributed by atoms with E-state index >= 15 is 0 Å².